The van der Waals surface area contributed by atoms with Gasteiger partial charge in [-0.15, -0.1) is 10.2 Å². The summed E-state index contributed by atoms with van der Waals surface area (Å²) in [6.45, 7) is 2.92. The molecule has 0 aliphatic carbocycles. The molecule has 0 unspecified atom stereocenters. The van der Waals surface area contributed by atoms with Crippen molar-refractivity contribution in [3.8, 4) is 11.4 Å². The summed E-state index contributed by atoms with van der Waals surface area (Å²) in [6, 6.07) is 4.79. The summed E-state index contributed by atoms with van der Waals surface area (Å²) in [6.07, 6.45) is 7.82. The van der Waals surface area contributed by atoms with E-state index in [1.54, 1.807) is 12.1 Å². The Kier molecular flexibility index (Phi) is 6.00. The van der Waals surface area contributed by atoms with Crippen LogP contribution in [0, 0.1) is 11.7 Å². The average Bonchev–Trinajstić information content (AvgIpc) is 2.97. The number of carbonyl (C=O) groups is 1. The lowest BCUT2D eigenvalue weighted by Crippen LogP contribution is -2.28. The first-order chi connectivity index (χ1) is 13.7. The number of piperidine rings is 1. The highest BCUT2D eigenvalue weighted by atomic mass is 19.1. The number of nitrogens with zero attached hydrogens (tertiary/aromatic N) is 3. The number of nitrogens with one attached hydrogen (secondary N) is 2. The molecule has 2 N–H and O–H groups in total. The maximum absolute atomic E-state index is 14.3. The average molecular weight is 385 g/mol. The number of hydrogen-bond acceptors (Lipinski definition) is 4. The van der Waals surface area contributed by atoms with Gasteiger partial charge in [-0.3, -0.25) is 4.79 Å². The molecule has 1 aromatic heterocycles. The Hall–Kier alpha value is -2.28. The van der Waals surface area contributed by atoms with Crippen LogP contribution in [-0.2, 0) is 17.8 Å². The Morgan fingerprint density at radius 2 is 2.07 bits per heavy atom. The largest absolute Gasteiger partial charge is 0.324 e. The molecule has 2 aliphatic rings. The van der Waals surface area contributed by atoms with Crippen LogP contribution in [0.5, 0.6) is 0 Å². The monoisotopic (exact) mass is 385 g/mol. The molecule has 2 aliphatic heterocycles. The van der Waals surface area contributed by atoms with Crippen LogP contribution in [0.4, 0.5) is 10.1 Å². The van der Waals surface area contributed by atoms with Crippen LogP contribution in [0.3, 0.4) is 0 Å². The summed E-state index contributed by atoms with van der Waals surface area (Å²) in [4.78, 5) is 12.4. The minimum Gasteiger partial charge on any atom is -0.324 e. The smallest absolute Gasteiger partial charge is 0.224 e. The maximum Gasteiger partial charge on any atom is 0.224 e. The quantitative estimate of drug-likeness (QED) is 0.826. The molecule has 3 heterocycles. The number of amides is 1. The summed E-state index contributed by atoms with van der Waals surface area (Å²) in [5, 5.41) is 14.7. The molecule has 0 spiro atoms. The van der Waals surface area contributed by atoms with Crippen LogP contribution in [0.25, 0.3) is 11.4 Å². The van der Waals surface area contributed by atoms with Crippen LogP contribution in [0.2, 0.25) is 0 Å². The first-order valence-corrected chi connectivity index (χ1v) is 10.4. The molecule has 1 aromatic carbocycles. The van der Waals surface area contributed by atoms with E-state index in [1.807, 2.05) is 0 Å². The second-order valence-corrected chi connectivity index (χ2v) is 7.88. The Morgan fingerprint density at radius 3 is 2.93 bits per heavy atom. The predicted octanol–water partition coefficient (Wildman–Crippen LogP) is 3.53. The Labute approximate surface area is 164 Å². The van der Waals surface area contributed by atoms with Crippen molar-refractivity contribution < 1.29 is 9.18 Å². The van der Waals surface area contributed by atoms with Gasteiger partial charge >= 0.3 is 0 Å². The summed E-state index contributed by atoms with van der Waals surface area (Å²) in [7, 11) is 0. The fraction of sp³-hybridized carbons (Fsp3) is 0.571. The van der Waals surface area contributed by atoms with E-state index < -0.39 is 5.82 Å². The number of halogens is 1. The fourth-order valence-electron chi connectivity index (χ4n) is 4.18. The molecular weight excluding hydrogens is 357 g/mol. The van der Waals surface area contributed by atoms with Gasteiger partial charge in [0.1, 0.15) is 11.6 Å². The molecule has 1 fully saturated rings. The molecule has 0 radical (unpaired) electrons. The Bertz CT molecular complexity index is 828. The van der Waals surface area contributed by atoms with E-state index in [0.717, 1.165) is 75.4 Å². The van der Waals surface area contributed by atoms with Gasteiger partial charge in [0.05, 0.1) is 5.69 Å². The normalized spacial score (nSPS) is 17.8. The summed E-state index contributed by atoms with van der Waals surface area (Å²) < 4.78 is 16.4. The molecule has 0 saturated carbocycles. The van der Waals surface area contributed by atoms with Gasteiger partial charge in [0.15, 0.2) is 5.82 Å². The second kappa shape index (κ2) is 8.82. The molecular formula is C21H28FN5O. The van der Waals surface area contributed by atoms with E-state index in [0.29, 0.717) is 12.3 Å². The SMILES string of the molecule is O=C(CCC1CCNCC1)Nc1cc(-c2nnc3n2CCCCC3)ccc1F. The summed E-state index contributed by atoms with van der Waals surface area (Å²) >= 11 is 0. The van der Waals surface area contributed by atoms with Crippen LogP contribution >= 0.6 is 0 Å². The third kappa shape index (κ3) is 4.41. The van der Waals surface area contributed by atoms with E-state index in [1.165, 1.54) is 12.5 Å². The third-order valence-corrected chi connectivity index (χ3v) is 5.85. The zero-order valence-electron chi connectivity index (χ0n) is 16.2. The summed E-state index contributed by atoms with van der Waals surface area (Å²) in [5.41, 5.74) is 1.01. The highest BCUT2D eigenvalue weighted by molar-refractivity contribution is 5.91. The number of hydrogen-bond donors (Lipinski definition) is 2. The van der Waals surface area contributed by atoms with Crippen molar-refractivity contribution in [2.75, 3.05) is 18.4 Å². The number of aromatic nitrogens is 3. The van der Waals surface area contributed by atoms with Crippen LogP contribution in [-0.4, -0.2) is 33.8 Å². The number of anilines is 1. The van der Waals surface area contributed by atoms with Crippen molar-refractivity contribution in [2.45, 2.75) is 57.9 Å². The molecule has 1 saturated heterocycles. The molecule has 7 heteroatoms. The maximum atomic E-state index is 14.3. The van der Waals surface area contributed by atoms with Crippen LogP contribution < -0.4 is 10.6 Å². The molecule has 0 atom stereocenters. The van der Waals surface area contributed by atoms with Gasteiger partial charge in [0.25, 0.3) is 0 Å². The highest BCUT2D eigenvalue weighted by Crippen LogP contribution is 2.27. The molecule has 28 heavy (non-hydrogen) atoms. The van der Waals surface area contributed by atoms with Crippen molar-refractivity contribution >= 4 is 11.6 Å². The van der Waals surface area contributed by atoms with Gasteiger partial charge in [-0.25, -0.2) is 4.39 Å². The first kappa shape index (κ1) is 19.1. The minimum absolute atomic E-state index is 0.130. The molecule has 1 amide bonds. The van der Waals surface area contributed by atoms with Crippen molar-refractivity contribution in [2.24, 2.45) is 5.92 Å². The first-order valence-electron chi connectivity index (χ1n) is 10.4. The lowest BCUT2D eigenvalue weighted by atomic mass is 9.93. The van der Waals surface area contributed by atoms with Crippen LogP contribution in [0.1, 0.15) is 50.8 Å². The lowest BCUT2D eigenvalue weighted by molar-refractivity contribution is -0.116. The molecule has 0 bridgehead atoms. The second-order valence-electron chi connectivity index (χ2n) is 7.88. The zero-order valence-corrected chi connectivity index (χ0v) is 16.2. The lowest BCUT2D eigenvalue weighted by Gasteiger charge is -2.22. The highest BCUT2D eigenvalue weighted by Gasteiger charge is 2.18. The summed E-state index contributed by atoms with van der Waals surface area (Å²) in [5.74, 6) is 1.77. The zero-order chi connectivity index (χ0) is 19.3. The third-order valence-electron chi connectivity index (χ3n) is 5.85. The van der Waals surface area contributed by atoms with Crippen molar-refractivity contribution in [1.82, 2.24) is 20.1 Å². The molecule has 2 aromatic rings. The van der Waals surface area contributed by atoms with E-state index in [-0.39, 0.29) is 11.6 Å². The number of rotatable bonds is 5. The van der Waals surface area contributed by atoms with E-state index in [2.05, 4.69) is 25.4 Å². The van der Waals surface area contributed by atoms with Crippen molar-refractivity contribution in [3.63, 3.8) is 0 Å². The van der Waals surface area contributed by atoms with Gasteiger partial charge in [0.2, 0.25) is 5.91 Å². The van der Waals surface area contributed by atoms with Crippen molar-refractivity contribution in [1.29, 1.82) is 0 Å². The van der Waals surface area contributed by atoms with Gasteiger partial charge < -0.3 is 15.2 Å². The molecule has 4 rings (SSSR count). The molecule has 6 nitrogen and oxygen atoms in total. The number of fused-ring (bicyclic) bond motifs is 1. The Balaban J connectivity index is 1.45. The minimum atomic E-state index is -0.422. The number of benzene rings is 1. The van der Waals surface area contributed by atoms with E-state index in [4.69, 9.17) is 0 Å². The van der Waals surface area contributed by atoms with Crippen LogP contribution in [0.15, 0.2) is 18.2 Å². The number of carbonyl (C=O) groups excluding carboxylic acids is 1. The van der Waals surface area contributed by atoms with Gasteiger partial charge in [-0.2, -0.15) is 0 Å². The van der Waals surface area contributed by atoms with Gasteiger partial charge in [-0.1, -0.05) is 6.42 Å². The standard InChI is InChI=1S/C21H28FN5O/c22-17-7-6-16(21-26-25-19-4-2-1-3-13-27(19)21)14-18(17)24-20(28)8-5-15-9-11-23-12-10-15/h6-7,14-15,23H,1-5,8-13H2,(H,24,28). The number of aryl methyl sites for hydroxylation is 1. The van der Waals surface area contributed by atoms with Gasteiger partial charge in [0, 0.05) is 24.9 Å². The molecule has 150 valence electrons. The van der Waals surface area contributed by atoms with Crippen molar-refractivity contribution in [3.05, 3.63) is 29.8 Å². The topological polar surface area (TPSA) is 71.8 Å². The fourth-order valence-corrected chi connectivity index (χ4v) is 4.18. The Morgan fingerprint density at radius 1 is 1.21 bits per heavy atom. The van der Waals surface area contributed by atoms with Gasteiger partial charge in [-0.05, 0) is 69.3 Å². The van der Waals surface area contributed by atoms with E-state index >= 15 is 0 Å². The predicted molar refractivity (Wildman–Crippen MR) is 106 cm³/mol. The van der Waals surface area contributed by atoms with E-state index in [9.17, 15) is 9.18 Å².